The maximum absolute atomic E-state index is 13.0. The predicted molar refractivity (Wildman–Crippen MR) is 123 cm³/mol. The maximum Gasteiger partial charge on any atom is 0.342 e. The molecule has 0 saturated heterocycles. The molecule has 5 heteroatoms. The lowest BCUT2D eigenvalue weighted by molar-refractivity contribution is -0.137. The van der Waals surface area contributed by atoms with Gasteiger partial charge in [0.1, 0.15) is 17.4 Å². The van der Waals surface area contributed by atoms with Crippen LogP contribution in [0.1, 0.15) is 40.4 Å². The number of benzene rings is 3. The van der Waals surface area contributed by atoms with E-state index in [1.165, 1.54) is 0 Å². The van der Waals surface area contributed by atoms with Crippen LogP contribution in [-0.2, 0) is 14.3 Å². The molecular weight excluding hydrogens is 404 g/mol. The molecule has 1 aliphatic rings. The van der Waals surface area contributed by atoms with Crippen molar-refractivity contribution in [3.05, 3.63) is 96.1 Å². The molecule has 0 radical (unpaired) electrons. The third kappa shape index (κ3) is 4.72. The zero-order valence-corrected chi connectivity index (χ0v) is 17.7. The quantitative estimate of drug-likeness (QED) is 0.250. The van der Waals surface area contributed by atoms with E-state index in [1.54, 1.807) is 18.2 Å². The van der Waals surface area contributed by atoms with Gasteiger partial charge in [0.15, 0.2) is 0 Å². The van der Waals surface area contributed by atoms with Gasteiger partial charge in [0, 0.05) is 11.6 Å². The van der Waals surface area contributed by atoms with Crippen molar-refractivity contribution in [2.75, 3.05) is 13.2 Å². The largest absolute Gasteiger partial charge is 0.493 e. The normalized spacial score (nSPS) is 14.1. The van der Waals surface area contributed by atoms with Crippen molar-refractivity contribution >= 4 is 28.8 Å². The Hall–Kier alpha value is -3.86. The Kier molecular flexibility index (Phi) is 6.66. The van der Waals surface area contributed by atoms with Crippen LogP contribution in [0.4, 0.5) is 0 Å². The molecule has 0 heterocycles. The molecule has 5 nitrogen and oxygen atoms in total. The fourth-order valence-electron chi connectivity index (χ4n) is 3.73. The summed E-state index contributed by atoms with van der Waals surface area (Å²) in [6.07, 6.45) is 5.91. The minimum absolute atomic E-state index is 0.305. The van der Waals surface area contributed by atoms with Gasteiger partial charge in [0.25, 0.3) is 0 Å². The molecule has 32 heavy (non-hydrogen) atoms. The molecule has 0 amide bonds. The van der Waals surface area contributed by atoms with Crippen LogP contribution >= 0.6 is 0 Å². The summed E-state index contributed by atoms with van der Waals surface area (Å²) < 4.78 is 16.6. The number of esters is 2. The second-order valence-electron chi connectivity index (χ2n) is 7.40. The van der Waals surface area contributed by atoms with Gasteiger partial charge in [-0.2, -0.15) is 0 Å². The Bertz CT molecular complexity index is 1170. The van der Waals surface area contributed by atoms with Crippen LogP contribution in [0.3, 0.4) is 0 Å². The van der Waals surface area contributed by atoms with Crippen molar-refractivity contribution < 1.29 is 23.8 Å². The summed E-state index contributed by atoms with van der Waals surface area (Å²) in [6, 6.07) is 19.2. The lowest BCUT2D eigenvalue weighted by atomic mass is 9.91. The molecule has 162 valence electrons. The van der Waals surface area contributed by atoms with Crippen molar-refractivity contribution in [2.45, 2.75) is 18.9 Å². The van der Waals surface area contributed by atoms with Gasteiger partial charge in [0.2, 0.25) is 0 Å². The van der Waals surface area contributed by atoms with E-state index >= 15 is 0 Å². The number of ether oxygens (including phenoxy) is 3. The number of carbonyl (C=O) groups excluding carboxylic acids is 2. The van der Waals surface area contributed by atoms with Crippen molar-refractivity contribution in [2.24, 2.45) is 0 Å². The third-order valence-electron chi connectivity index (χ3n) is 5.27. The van der Waals surface area contributed by atoms with Crippen LogP contribution in [0, 0.1) is 0 Å². The van der Waals surface area contributed by atoms with E-state index in [0.717, 1.165) is 28.0 Å². The third-order valence-corrected chi connectivity index (χ3v) is 5.27. The maximum atomic E-state index is 13.0. The molecule has 0 spiro atoms. The first kappa shape index (κ1) is 21.4. The second kappa shape index (κ2) is 9.96. The Morgan fingerprint density at radius 2 is 1.72 bits per heavy atom. The number of unbranched alkanes of at least 4 members (excludes halogenated alkanes) is 1. The molecule has 0 N–H and O–H groups in total. The number of rotatable bonds is 9. The summed E-state index contributed by atoms with van der Waals surface area (Å²) in [6.45, 7) is 4.06. The molecule has 1 atom stereocenters. The second-order valence-corrected chi connectivity index (χ2v) is 7.40. The van der Waals surface area contributed by atoms with E-state index < -0.39 is 18.0 Å². The van der Waals surface area contributed by atoms with Crippen LogP contribution in [0.5, 0.6) is 5.75 Å². The van der Waals surface area contributed by atoms with Crippen molar-refractivity contribution in [1.29, 1.82) is 0 Å². The van der Waals surface area contributed by atoms with E-state index in [-0.39, 0.29) is 0 Å². The summed E-state index contributed by atoms with van der Waals surface area (Å²) in [5.41, 5.74) is 2.47. The van der Waals surface area contributed by atoms with Gasteiger partial charge in [-0.3, -0.25) is 0 Å². The highest BCUT2D eigenvalue weighted by atomic mass is 16.5. The summed E-state index contributed by atoms with van der Waals surface area (Å²) >= 11 is 0. The fourth-order valence-corrected chi connectivity index (χ4v) is 3.73. The molecule has 0 bridgehead atoms. The Morgan fingerprint density at radius 1 is 0.938 bits per heavy atom. The van der Waals surface area contributed by atoms with E-state index in [4.69, 9.17) is 14.2 Å². The van der Waals surface area contributed by atoms with Gasteiger partial charge in [0.05, 0.1) is 13.2 Å². The number of carbonyl (C=O) groups is 2. The zero-order valence-electron chi connectivity index (χ0n) is 17.7. The summed E-state index contributed by atoms with van der Waals surface area (Å²) in [4.78, 5) is 24.1. The van der Waals surface area contributed by atoms with Crippen molar-refractivity contribution in [3.8, 4) is 5.75 Å². The fraction of sp³-hybridized carbons (Fsp3) is 0.185. The number of hydrogen-bond donors (Lipinski definition) is 0. The van der Waals surface area contributed by atoms with Crippen LogP contribution < -0.4 is 4.74 Å². The van der Waals surface area contributed by atoms with Gasteiger partial charge < -0.3 is 14.2 Å². The van der Waals surface area contributed by atoms with Crippen LogP contribution in [0.2, 0.25) is 0 Å². The number of hydrogen-bond acceptors (Lipinski definition) is 5. The highest BCUT2D eigenvalue weighted by molar-refractivity contribution is 5.97. The highest BCUT2D eigenvalue weighted by Crippen LogP contribution is 2.36. The van der Waals surface area contributed by atoms with Crippen LogP contribution in [0.25, 0.3) is 16.8 Å². The summed E-state index contributed by atoms with van der Waals surface area (Å²) in [5.74, 6) is -0.403. The molecule has 0 saturated carbocycles. The van der Waals surface area contributed by atoms with Crippen molar-refractivity contribution in [1.82, 2.24) is 0 Å². The molecular formula is C27H24O5. The minimum Gasteiger partial charge on any atom is -0.493 e. The average molecular weight is 428 g/mol. The van der Waals surface area contributed by atoms with Crippen LogP contribution in [0.15, 0.2) is 79.4 Å². The van der Waals surface area contributed by atoms with E-state index in [1.807, 2.05) is 36.4 Å². The van der Waals surface area contributed by atoms with E-state index in [9.17, 15) is 9.59 Å². The van der Waals surface area contributed by atoms with Crippen molar-refractivity contribution in [3.63, 3.8) is 0 Å². The predicted octanol–water partition coefficient (Wildman–Crippen LogP) is 5.65. The Morgan fingerprint density at radius 3 is 2.56 bits per heavy atom. The van der Waals surface area contributed by atoms with Gasteiger partial charge in [-0.15, -0.1) is 0 Å². The molecule has 0 aromatic heterocycles. The molecule has 0 fully saturated rings. The lowest BCUT2D eigenvalue weighted by Gasteiger charge is -2.22. The monoisotopic (exact) mass is 428 g/mol. The highest BCUT2D eigenvalue weighted by Gasteiger charge is 2.23. The van der Waals surface area contributed by atoms with Crippen LogP contribution in [-0.4, -0.2) is 25.2 Å². The summed E-state index contributed by atoms with van der Waals surface area (Å²) in [7, 11) is 0. The van der Waals surface area contributed by atoms with Gasteiger partial charge >= 0.3 is 11.9 Å². The molecule has 3 aromatic carbocycles. The average Bonchev–Trinajstić information content (AvgIpc) is 2.83. The minimum atomic E-state index is -0.464. The first-order valence-electron chi connectivity index (χ1n) is 10.6. The van der Waals surface area contributed by atoms with Gasteiger partial charge in [-0.1, -0.05) is 61.2 Å². The van der Waals surface area contributed by atoms with Gasteiger partial charge in [-0.05, 0) is 47.4 Å². The molecule has 1 aliphatic carbocycles. The topological polar surface area (TPSA) is 61.8 Å². The SMILES string of the molecule is C=CC(=O)OCCCCOc1ccccc1C(=O)OC1C=Cc2cccc3cccc1c23. The van der Waals surface area contributed by atoms with E-state index in [2.05, 4.69) is 24.8 Å². The first-order valence-corrected chi connectivity index (χ1v) is 10.6. The standard InChI is InChI=1S/C27H24O5/c1-2-25(28)31-18-6-5-17-30-23-14-4-3-12-22(23)27(29)32-24-16-15-20-10-7-9-19-11-8-13-21(24)26(19)20/h2-4,7-16,24H,1,5-6,17-18H2. The zero-order chi connectivity index (χ0) is 22.3. The lowest BCUT2D eigenvalue weighted by Crippen LogP contribution is -2.14. The number of para-hydroxylation sites is 1. The molecule has 1 unspecified atom stereocenters. The first-order chi connectivity index (χ1) is 15.7. The Labute approximate surface area is 186 Å². The Balaban J connectivity index is 1.41. The molecule has 3 aromatic rings. The molecule has 0 aliphatic heterocycles. The molecule has 4 rings (SSSR count). The van der Waals surface area contributed by atoms with E-state index in [0.29, 0.717) is 37.4 Å². The smallest absolute Gasteiger partial charge is 0.342 e. The van der Waals surface area contributed by atoms with Gasteiger partial charge in [-0.25, -0.2) is 9.59 Å². The summed E-state index contributed by atoms with van der Waals surface area (Å²) in [5, 5.41) is 2.23.